The highest BCUT2D eigenvalue weighted by molar-refractivity contribution is 7.13. The summed E-state index contributed by atoms with van der Waals surface area (Å²) in [6.45, 7) is 4.62. The summed E-state index contributed by atoms with van der Waals surface area (Å²) < 4.78 is 1.71. The summed E-state index contributed by atoms with van der Waals surface area (Å²) in [6.07, 6.45) is 4.49. The molecular weight excluding hydrogens is 410 g/mol. The monoisotopic (exact) mass is 435 g/mol. The van der Waals surface area contributed by atoms with Gasteiger partial charge in [-0.2, -0.15) is 0 Å². The summed E-state index contributed by atoms with van der Waals surface area (Å²) in [6, 6.07) is 12.2. The van der Waals surface area contributed by atoms with Crippen LogP contribution in [0.25, 0.3) is 0 Å². The summed E-state index contributed by atoms with van der Waals surface area (Å²) in [5.41, 5.74) is 2.87. The first-order chi connectivity index (χ1) is 15.1. The van der Waals surface area contributed by atoms with Crippen molar-refractivity contribution in [2.24, 2.45) is 0 Å². The van der Waals surface area contributed by atoms with Gasteiger partial charge in [0.25, 0.3) is 11.8 Å². The summed E-state index contributed by atoms with van der Waals surface area (Å²) in [5.74, 6) is -0.00170. The highest BCUT2D eigenvalue weighted by Crippen LogP contribution is 2.25. The number of fused-ring (bicyclic) bond motifs is 1. The highest BCUT2D eigenvalue weighted by atomic mass is 32.1. The number of thiophene rings is 1. The number of likely N-dealkylation sites (tertiary alicyclic amines) is 1. The number of nitrogens with zero attached hydrogens (tertiary/aromatic N) is 5. The number of aromatic nitrogens is 3. The normalized spacial score (nSPS) is 18.3. The second-order valence-corrected chi connectivity index (χ2v) is 9.56. The number of hydrogen-bond donors (Lipinski definition) is 0. The van der Waals surface area contributed by atoms with Gasteiger partial charge in [-0.3, -0.25) is 9.59 Å². The van der Waals surface area contributed by atoms with Gasteiger partial charge in [-0.25, -0.2) is 4.68 Å². The molecule has 160 valence electrons. The van der Waals surface area contributed by atoms with E-state index in [4.69, 9.17) is 0 Å². The fourth-order valence-electron chi connectivity index (χ4n) is 4.52. The number of carbonyl (C=O) groups excluding carboxylic acids is 2. The van der Waals surface area contributed by atoms with Gasteiger partial charge in [-0.05, 0) is 49.4 Å². The van der Waals surface area contributed by atoms with Crippen LogP contribution >= 0.6 is 11.3 Å². The Bertz CT molecular complexity index is 1120. The predicted octanol–water partition coefficient (Wildman–Crippen LogP) is 3.15. The van der Waals surface area contributed by atoms with Gasteiger partial charge in [0.15, 0.2) is 5.69 Å². The summed E-state index contributed by atoms with van der Waals surface area (Å²) in [7, 11) is 0. The van der Waals surface area contributed by atoms with Crippen LogP contribution in [0.5, 0.6) is 0 Å². The Morgan fingerprint density at radius 1 is 1.10 bits per heavy atom. The third-order valence-corrected chi connectivity index (χ3v) is 7.15. The zero-order valence-corrected chi connectivity index (χ0v) is 18.3. The Labute approximate surface area is 185 Å². The van der Waals surface area contributed by atoms with Crippen LogP contribution < -0.4 is 0 Å². The zero-order valence-electron chi connectivity index (χ0n) is 17.5. The summed E-state index contributed by atoms with van der Waals surface area (Å²) in [4.78, 5) is 31.6. The number of amides is 2. The largest absolute Gasteiger partial charge is 0.333 e. The third kappa shape index (κ3) is 3.99. The Morgan fingerprint density at radius 3 is 2.74 bits per heavy atom. The van der Waals surface area contributed by atoms with Crippen LogP contribution in [-0.4, -0.2) is 55.7 Å². The van der Waals surface area contributed by atoms with E-state index in [2.05, 4.69) is 22.4 Å². The van der Waals surface area contributed by atoms with Crippen LogP contribution in [0.3, 0.4) is 0 Å². The van der Waals surface area contributed by atoms with Crippen molar-refractivity contribution in [3.8, 4) is 0 Å². The smallest absolute Gasteiger partial charge is 0.276 e. The van der Waals surface area contributed by atoms with Crippen LogP contribution in [0.4, 0.5) is 0 Å². The first-order valence-corrected chi connectivity index (χ1v) is 11.5. The van der Waals surface area contributed by atoms with Gasteiger partial charge in [0, 0.05) is 24.5 Å². The number of benzene rings is 1. The average Bonchev–Trinajstić information content (AvgIpc) is 3.54. The highest BCUT2D eigenvalue weighted by Gasteiger charge is 2.31. The van der Waals surface area contributed by atoms with E-state index in [0.717, 1.165) is 35.6 Å². The molecule has 1 fully saturated rings. The number of hydrogen-bond acceptors (Lipinski definition) is 5. The molecule has 0 radical (unpaired) electrons. The van der Waals surface area contributed by atoms with E-state index in [1.54, 1.807) is 10.9 Å². The molecule has 4 heterocycles. The van der Waals surface area contributed by atoms with Gasteiger partial charge in [-0.15, -0.1) is 16.4 Å². The van der Waals surface area contributed by atoms with Crippen LogP contribution in [0, 0.1) is 6.92 Å². The van der Waals surface area contributed by atoms with Gasteiger partial charge in [0.05, 0.1) is 23.7 Å². The fourth-order valence-corrected chi connectivity index (χ4v) is 5.34. The van der Waals surface area contributed by atoms with Gasteiger partial charge in [0.1, 0.15) is 0 Å². The molecule has 31 heavy (non-hydrogen) atoms. The Balaban J connectivity index is 1.25. The Morgan fingerprint density at radius 2 is 1.94 bits per heavy atom. The first kappa shape index (κ1) is 19.9. The van der Waals surface area contributed by atoms with E-state index < -0.39 is 0 Å². The maximum Gasteiger partial charge on any atom is 0.276 e. The molecule has 0 aliphatic carbocycles. The van der Waals surface area contributed by atoms with E-state index >= 15 is 0 Å². The van der Waals surface area contributed by atoms with Gasteiger partial charge in [-0.1, -0.05) is 29.5 Å². The molecule has 1 aromatic carbocycles. The molecule has 0 bridgehead atoms. The van der Waals surface area contributed by atoms with Gasteiger partial charge < -0.3 is 9.80 Å². The molecule has 1 saturated heterocycles. The lowest BCUT2D eigenvalue weighted by molar-refractivity contribution is 0.0717. The van der Waals surface area contributed by atoms with E-state index in [-0.39, 0.29) is 17.9 Å². The quantitative estimate of drug-likeness (QED) is 0.631. The molecule has 7 nitrogen and oxygen atoms in total. The maximum atomic E-state index is 13.0. The molecule has 2 aromatic heterocycles. The molecule has 0 saturated carbocycles. The van der Waals surface area contributed by atoms with Crippen LogP contribution in [0.15, 0.2) is 42.6 Å². The van der Waals surface area contributed by atoms with Crippen molar-refractivity contribution in [3.05, 3.63) is 69.2 Å². The lowest BCUT2D eigenvalue weighted by Crippen LogP contribution is -2.38. The van der Waals surface area contributed by atoms with E-state index in [1.165, 1.54) is 22.5 Å². The standard InChI is InChI=1S/C23H25N5O2S/c1-16-8-9-21(31-16)23(30)28-11-4-7-19(28)14-27-15-20(24-25-27)22(29)26-12-10-17-5-2-3-6-18(17)13-26/h2-3,5-6,8-9,15,19H,4,7,10-14H2,1H3. The molecule has 2 amide bonds. The topological polar surface area (TPSA) is 71.3 Å². The minimum Gasteiger partial charge on any atom is -0.333 e. The van der Waals surface area contributed by atoms with Gasteiger partial charge in [0.2, 0.25) is 0 Å². The van der Waals surface area contributed by atoms with Crippen molar-refractivity contribution in [1.82, 2.24) is 24.8 Å². The molecule has 0 N–H and O–H groups in total. The molecular formula is C23H25N5O2S. The van der Waals surface area contributed by atoms with Crippen LogP contribution in [-0.2, 0) is 19.5 Å². The minimum absolute atomic E-state index is 0.0708. The predicted molar refractivity (Wildman–Crippen MR) is 118 cm³/mol. The van der Waals surface area contributed by atoms with Crippen molar-refractivity contribution >= 4 is 23.2 Å². The average molecular weight is 436 g/mol. The van der Waals surface area contributed by atoms with Crippen LogP contribution in [0.2, 0.25) is 0 Å². The zero-order chi connectivity index (χ0) is 21.4. The van der Waals surface area contributed by atoms with Crippen molar-refractivity contribution in [3.63, 3.8) is 0 Å². The molecule has 0 spiro atoms. The second-order valence-electron chi connectivity index (χ2n) is 8.28. The first-order valence-electron chi connectivity index (χ1n) is 10.7. The maximum absolute atomic E-state index is 13.0. The SMILES string of the molecule is Cc1ccc(C(=O)N2CCCC2Cn2cc(C(=O)N3CCc4ccccc4C3)nn2)s1. The van der Waals surface area contributed by atoms with Crippen molar-refractivity contribution in [1.29, 1.82) is 0 Å². The van der Waals surface area contributed by atoms with Crippen molar-refractivity contribution in [2.45, 2.75) is 45.3 Å². The summed E-state index contributed by atoms with van der Waals surface area (Å²) >= 11 is 1.53. The molecule has 2 aliphatic heterocycles. The Kier molecular flexibility index (Phi) is 5.31. The number of aryl methyl sites for hydroxylation is 1. The molecule has 1 atom stereocenters. The molecule has 2 aliphatic rings. The van der Waals surface area contributed by atoms with Crippen molar-refractivity contribution < 1.29 is 9.59 Å². The van der Waals surface area contributed by atoms with E-state index in [1.807, 2.05) is 41.0 Å². The van der Waals surface area contributed by atoms with Crippen LogP contribution in [0.1, 0.15) is 49.0 Å². The van der Waals surface area contributed by atoms with Gasteiger partial charge >= 0.3 is 0 Å². The fraction of sp³-hybridized carbons (Fsp3) is 0.391. The lowest BCUT2D eigenvalue weighted by atomic mass is 10.00. The van der Waals surface area contributed by atoms with E-state index in [9.17, 15) is 9.59 Å². The number of carbonyl (C=O) groups is 2. The summed E-state index contributed by atoms with van der Waals surface area (Å²) in [5, 5.41) is 8.34. The molecule has 5 rings (SSSR count). The van der Waals surface area contributed by atoms with E-state index in [0.29, 0.717) is 25.3 Å². The lowest BCUT2D eigenvalue weighted by Gasteiger charge is -2.28. The molecule has 3 aromatic rings. The minimum atomic E-state index is -0.0887. The second kappa shape index (κ2) is 8.26. The van der Waals surface area contributed by atoms with Crippen molar-refractivity contribution in [2.75, 3.05) is 13.1 Å². The number of rotatable bonds is 4. The molecule has 1 unspecified atom stereocenters. The molecule has 8 heteroatoms. The Hall–Kier alpha value is -3.00. The third-order valence-electron chi connectivity index (χ3n) is 6.16.